The van der Waals surface area contributed by atoms with Gasteiger partial charge in [0.15, 0.2) is 6.29 Å². The molecule has 4 aliphatic rings. The molecule has 1 fully saturated rings. The summed E-state index contributed by atoms with van der Waals surface area (Å²) in [6.45, 7) is 9.09. The normalized spacial score (nSPS) is 14.8. The fraction of sp³-hybridized carbons (Fsp3) is 0.463. The molecule has 77 heavy (non-hydrogen) atoms. The number of imide groups is 1. The van der Waals surface area contributed by atoms with Crippen molar-refractivity contribution in [3.05, 3.63) is 77.5 Å². The Morgan fingerprint density at radius 1 is 0.753 bits per heavy atom. The van der Waals surface area contributed by atoms with Crippen LogP contribution in [0.5, 0.6) is 5.75 Å². The van der Waals surface area contributed by atoms with Crippen LogP contribution >= 0.6 is 15.9 Å². The van der Waals surface area contributed by atoms with Crippen LogP contribution in [0.25, 0.3) is 21.7 Å². The van der Waals surface area contributed by atoms with E-state index in [9.17, 15) is 43.2 Å². The van der Waals surface area contributed by atoms with Crippen molar-refractivity contribution in [3.63, 3.8) is 0 Å². The monoisotopic (exact) mass is 1130 g/mol. The van der Waals surface area contributed by atoms with Gasteiger partial charge >= 0.3 is 12.1 Å². The zero-order valence-corrected chi connectivity index (χ0v) is 46.2. The highest BCUT2D eigenvalue weighted by molar-refractivity contribution is 9.08. The number of benzene rings is 3. The Balaban J connectivity index is 0.000000312. The van der Waals surface area contributed by atoms with E-state index >= 15 is 0 Å². The van der Waals surface area contributed by atoms with Gasteiger partial charge in [0, 0.05) is 125 Å². The average molecular weight is 1130 g/mol. The van der Waals surface area contributed by atoms with Gasteiger partial charge in [0.05, 0.1) is 18.8 Å². The molecule has 4 aliphatic heterocycles. The maximum atomic E-state index is 13.7. The van der Waals surface area contributed by atoms with E-state index in [0.29, 0.717) is 42.9 Å². The number of carbonyl (C=O) groups is 9. The lowest BCUT2D eigenvalue weighted by atomic mass is 10.0. The smallest absolute Gasteiger partial charge is 0.409 e. The maximum Gasteiger partial charge on any atom is 0.415 e. The quantitative estimate of drug-likeness (QED) is 0.0308. The molecule has 0 radical (unpaired) electrons. The molecule has 4 aromatic rings. The first-order valence-corrected chi connectivity index (χ1v) is 27.5. The van der Waals surface area contributed by atoms with E-state index in [4.69, 9.17) is 10.5 Å². The van der Waals surface area contributed by atoms with Crippen LogP contribution in [0.4, 0.5) is 21.0 Å². The van der Waals surface area contributed by atoms with Crippen molar-refractivity contribution in [3.8, 4) is 5.75 Å². The van der Waals surface area contributed by atoms with Gasteiger partial charge in [-0.1, -0.05) is 60.5 Å². The fourth-order valence-corrected chi connectivity index (χ4v) is 9.15. The number of carbonyl (C=O) groups excluding carboxylic acids is 9. The van der Waals surface area contributed by atoms with Gasteiger partial charge in [0.2, 0.25) is 23.6 Å². The fourth-order valence-electron chi connectivity index (χ4n) is 9.15. The number of alkyl halides is 1. The van der Waals surface area contributed by atoms with Gasteiger partial charge in [-0.3, -0.25) is 43.8 Å². The van der Waals surface area contributed by atoms with Gasteiger partial charge < -0.3 is 56.3 Å². The third-order valence-corrected chi connectivity index (χ3v) is 13.0. The summed E-state index contributed by atoms with van der Waals surface area (Å²) in [4.78, 5) is 121. The minimum Gasteiger partial charge on any atom is -0.409 e. The molecule has 5 heterocycles. The number of H-pyrrole nitrogens is 1. The van der Waals surface area contributed by atoms with E-state index in [1.165, 1.54) is 35.2 Å². The molecule has 1 unspecified atom stereocenters. The van der Waals surface area contributed by atoms with Crippen molar-refractivity contribution < 1.29 is 47.9 Å². The number of fused-ring (bicyclic) bond motifs is 6. The zero-order chi connectivity index (χ0) is 56.0. The first-order chi connectivity index (χ1) is 37.1. The van der Waals surface area contributed by atoms with Crippen molar-refractivity contribution in [2.75, 3.05) is 108 Å². The summed E-state index contributed by atoms with van der Waals surface area (Å²) in [5, 5.41) is 16.2. The molecule has 0 bridgehead atoms. The molecule has 1 saturated heterocycles. The number of piperazine rings is 1. The molecule has 0 aliphatic carbocycles. The number of nitrogens with zero attached hydrogens (tertiary/aromatic N) is 5. The van der Waals surface area contributed by atoms with Gasteiger partial charge in [-0.25, -0.2) is 9.59 Å². The van der Waals surface area contributed by atoms with E-state index in [0.717, 1.165) is 72.2 Å². The minimum atomic E-state index is -0.919. The van der Waals surface area contributed by atoms with E-state index in [1.807, 2.05) is 30.1 Å². The van der Waals surface area contributed by atoms with E-state index in [-0.39, 0.29) is 70.0 Å². The van der Waals surface area contributed by atoms with Gasteiger partial charge in [0.1, 0.15) is 11.8 Å². The number of rotatable bonds is 19. The van der Waals surface area contributed by atoms with Crippen LogP contribution in [-0.2, 0) is 41.6 Å². The number of anilines is 2. The third-order valence-electron chi connectivity index (χ3n) is 13.0. The summed E-state index contributed by atoms with van der Waals surface area (Å²) >= 11 is 2.94. The second-order valence-electron chi connectivity index (χ2n) is 18.7. The van der Waals surface area contributed by atoms with Crippen LogP contribution in [0.1, 0.15) is 67.6 Å². The Morgan fingerprint density at radius 3 is 2.06 bits per heavy atom. The van der Waals surface area contributed by atoms with E-state index in [1.54, 1.807) is 28.0 Å². The van der Waals surface area contributed by atoms with Crippen molar-refractivity contribution in [2.45, 2.75) is 64.8 Å². The van der Waals surface area contributed by atoms with Crippen molar-refractivity contribution in [1.29, 1.82) is 0 Å². The second kappa shape index (κ2) is 30.4. The summed E-state index contributed by atoms with van der Waals surface area (Å²) in [6.07, 6.45) is 6.71. The maximum absolute atomic E-state index is 13.7. The molecule has 0 spiro atoms. The number of aromatic amines is 1. The SMILES string of the molecule is CBr.CCC.CN1CCN(C(=O)Oc2cc3c(c4ccccc24)CCN3C)CC1.NC(=O)NCCCC(NC(=O)CNCC(=O)NCCNC(=O)CCCN1C(=O)C=CC1=O)C(=O)N1CCc2c1ccc1[nH]c(C=O)cc21. The summed E-state index contributed by atoms with van der Waals surface area (Å²) in [6, 6.07) is 14.0. The highest BCUT2D eigenvalue weighted by atomic mass is 79.9. The summed E-state index contributed by atoms with van der Waals surface area (Å²) in [5.41, 5.74) is 10.5. The third kappa shape index (κ3) is 17.1. The Bertz CT molecular complexity index is 2760. The summed E-state index contributed by atoms with van der Waals surface area (Å²) in [7, 11) is 4.17. The minimum absolute atomic E-state index is 0.107. The first kappa shape index (κ1) is 60.5. The van der Waals surface area contributed by atoms with Crippen LogP contribution in [-0.4, -0.2) is 178 Å². The molecular formula is C54H73BrN12O10. The number of aldehydes is 1. The van der Waals surface area contributed by atoms with Crippen LogP contribution in [0, 0.1) is 0 Å². The lowest BCUT2D eigenvalue weighted by Gasteiger charge is -2.31. The Kier molecular flexibility index (Phi) is 23.9. The predicted molar refractivity (Wildman–Crippen MR) is 299 cm³/mol. The summed E-state index contributed by atoms with van der Waals surface area (Å²) in [5.74, 6) is 0.128. The average Bonchev–Trinajstić information content (AvgIpc) is 4.26. The van der Waals surface area contributed by atoms with Crippen LogP contribution in [0.15, 0.2) is 60.7 Å². The number of nitrogens with two attached hydrogens (primary N) is 1. The predicted octanol–water partition coefficient (Wildman–Crippen LogP) is 3.34. The van der Waals surface area contributed by atoms with Crippen molar-refractivity contribution in [1.82, 2.24) is 46.3 Å². The van der Waals surface area contributed by atoms with Crippen LogP contribution < -0.4 is 46.9 Å². The van der Waals surface area contributed by atoms with Gasteiger partial charge in [-0.2, -0.15) is 0 Å². The molecule has 416 valence electrons. The van der Waals surface area contributed by atoms with E-state index in [2.05, 4.69) is 91.3 Å². The number of ether oxygens (including phenoxy) is 1. The van der Waals surface area contributed by atoms with Gasteiger partial charge in [-0.05, 0) is 79.7 Å². The standard InChI is InChI=1S/C31H39N9O8.C19H23N3O2.C3H8.CH3Br/c32-31(48)36-10-1-3-23(30(47)39-14-9-20-21-15-19(18-41)37-22(21)5-6-24(20)39)38-27(44)17-33-16-26(43)35-12-11-34-25(42)4-2-13-40-28(45)7-8-29(40)46;1-20-9-11-22(12-10-20)19(23)24-18-13-17-15(7-8-21(17)2)14-5-3-4-6-16(14)18;1-3-2;1-2/h5-8,15,18,23,33,37H,1-4,9-14,16-17H2,(H,34,42)(H,35,43)(H,38,44)(H3,32,36,48);3-6,13H,7-12H2,1-2H3;3H2,1-2H3;1H3. The van der Waals surface area contributed by atoms with Crippen LogP contribution in [0.2, 0.25) is 0 Å². The highest BCUT2D eigenvalue weighted by Gasteiger charge is 2.33. The molecule has 23 heteroatoms. The zero-order valence-electron chi connectivity index (χ0n) is 44.6. The summed E-state index contributed by atoms with van der Waals surface area (Å²) < 4.78 is 5.82. The molecule has 22 nitrogen and oxygen atoms in total. The Labute approximate surface area is 457 Å². The Hall–Kier alpha value is -7.37. The Morgan fingerprint density at radius 2 is 1.39 bits per heavy atom. The highest BCUT2D eigenvalue weighted by Crippen LogP contribution is 2.40. The molecule has 8 N–H and O–H groups in total. The number of hydrogen-bond acceptors (Lipinski definition) is 13. The van der Waals surface area contributed by atoms with E-state index < -0.39 is 35.7 Å². The first-order valence-electron chi connectivity index (χ1n) is 25.9. The molecular weight excluding hydrogens is 1060 g/mol. The van der Waals surface area contributed by atoms with Gasteiger partial charge in [-0.15, -0.1) is 0 Å². The largest absolute Gasteiger partial charge is 0.415 e. The molecule has 0 saturated carbocycles. The van der Waals surface area contributed by atoms with Crippen molar-refractivity contribution in [2.24, 2.45) is 5.73 Å². The lowest BCUT2D eigenvalue weighted by Crippen LogP contribution is -2.51. The number of amides is 9. The number of hydrogen-bond donors (Lipinski definition) is 7. The second-order valence-corrected chi connectivity index (χ2v) is 18.7. The molecule has 1 atom stereocenters. The van der Waals surface area contributed by atoms with Crippen molar-refractivity contribution >= 4 is 103 Å². The molecule has 1 aromatic heterocycles. The number of urea groups is 1. The van der Waals surface area contributed by atoms with Gasteiger partial charge in [0.25, 0.3) is 11.8 Å². The molecule has 3 aromatic carbocycles. The lowest BCUT2D eigenvalue weighted by molar-refractivity contribution is -0.137. The number of halogens is 1. The number of primary amides is 1. The molecule has 9 amide bonds. The number of aromatic nitrogens is 1. The number of likely N-dealkylation sites (N-methyl/N-ethyl adjacent to an activating group) is 2. The van der Waals surface area contributed by atoms with Crippen LogP contribution in [0.3, 0.4) is 0 Å². The topological polar surface area (TPSA) is 281 Å². The number of nitrogens with one attached hydrogen (secondary N) is 6. The molecule has 8 rings (SSSR count).